The lowest BCUT2D eigenvalue weighted by Crippen LogP contribution is -1.93. The van der Waals surface area contributed by atoms with E-state index in [9.17, 15) is 0 Å². The molecule has 2 aromatic heterocycles. The number of hydrogen-bond donors (Lipinski definition) is 0. The monoisotopic (exact) mass is 228 g/mol. The average Bonchev–Trinajstić information content (AvgIpc) is 2.48. The summed E-state index contributed by atoms with van der Waals surface area (Å²) in [5, 5.41) is 7.68. The fraction of sp³-hybridized carbons (Fsp3) is 0.167. The van der Waals surface area contributed by atoms with Gasteiger partial charge >= 0.3 is 0 Å². The molecule has 0 fully saturated rings. The van der Waals surface area contributed by atoms with Gasteiger partial charge in [-0.3, -0.25) is 4.40 Å². The van der Waals surface area contributed by atoms with Crippen LogP contribution in [-0.4, -0.2) is 26.7 Å². The van der Waals surface area contributed by atoms with Crippen molar-refractivity contribution in [1.82, 2.24) is 19.6 Å². The number of rotatable bonds is 1. The van der Waals surface area contributed by atoms with E-state index >= 15 is 0 Å². The lowest BCUT2D eigenvalue weighted by molar-refractivity contribution is 0.400. The van der Waals surface area contributed by atoms with Gasteiger partial charge < -0.3 is 4.74 Å². The second kappa shape index (κ2) is 2.71. The minimum atomic E-state index is 0.468. The number of halogens is 1. The Kier molecular flexibility index (Phi) is 1.69. The Hall–Kier alpha value is -1.17. The molecule has 0 aliphatic carbocycles. The Morgan fingerprint density at radius 1 is 1.50 bits per heavy atom. The molecule has 2 rings (SSSR count). The quantitative estimate of drug-likeness (QED) is 0.728. The summed E-state index contributed by atoms with van der Waals surface area (Å²) >= 11 is 3.24. The van der Waals surface area contributed by atoms with E-state index in [1.165, 1.54) is 0 Å². The first-order valence-electron chi connectivity index (χ1n) is 3.22. The molecule has 0 amide bonds. The fourth-order valence-corrected chi connectivity index (χ4v) is 1.29. The molecule has 0 N–H and O–H groups in total. The predicted molar refractivity (Wildman–Crippen MR) is 45.0 cm³/mol. The molecule has 6 heteroatoms. The topological polar surface area (TPSA) is 52.3 Å². The normalized spacial score (nSPS) is 10.5. The van der Waals surface area contributed by atoms with Crippen molar-refractivity contribution in [3.05, 3.63) is 17.1 Å². The molecular formula is C6H5BrN4O. The molecular weight excluding hydrogens is 224 g/mol. The van der Waals surface area contributed by atoms with E-state index < -0.39 is 0 Å². The molecule has 0 aromatic carbocycles. The van der Waals surface area contributed by atoms with Gasteiger partial charge in [0, 0.05) is 12.4 Å². The first kappa shape index (κ1) is 7.48. The molecule has 12 heavy (non-hydrogen) atoms. The lowest BCUT2D eigenvalue weighted by atomic mass is 10.6. The molecule has 2 aromatic rings. The van der Waals surface area contributed by atoms with Gasteiger partial charge in [-0.25, -0.2) is 4.98 Å². The third-order valence-corrected chi connectivity index (χ3v) is 1.99. The highest BCUT2D eigenvalue weighted by Crippen LogP contribution is 2.16. The molecule has 0 saturated heterocycles. The van der Waals surface area contributed by atoms with Crippen molar-refractivity contribution < 1.29 is 4.74 Å². The van der Waals surface area contributed by atoms with Gasteiger partial charge in [0.15, 0.2) is 0 Å². The van der Waals surface area contributed by atoms with Crippen LogP contribution in [0.1, 0.15) is 0 Å². The van der Waals surface area contributed by atoms with Crippen molar-refractivity contribution >= 4 is 21.6 Å². The van der Waals surface area contributed by atoms with Crippen LogP contribution < -0.4 is 4.74 Å². The van der Waals surface area contributed by atoms with Crippen LogP contribution in [0.2, 0.25) is 0 Å². The number of fused-ring (bicyclic) bond motifs is 1. The average molecular weight is 229 g/mol. The highest BCUT2D eigenvalue weighted by molar-refractivity contribution is 9.10. The third kappa shape index (κ3) is 0.953. The number of ether oxygens (including phenoxy) is 1. The van der Waals surface area contributed by atoms with Crippen molar-refractivity contribution in [1.29, 1.82) is 0 Å². The summed E-state index contributed by atoms with van der Waals surface area (Å²) in [6.07, 6.45) is 3.38. The van der Waals surface area contributed by atoms with E-state index in [0.717, 1.165) is 0 Å². The van der Waals surface area contributed by atoms with Gasteiger partial charge in [-0.1, -0.05) is 0 Å². The predicted octanol–water partition coefficient (Wildman–Crippen LogP) is 0.895. The molecule has 0 spiro atoms. The van der Waals surface area contributed by atoms with Gasteiger partial charge in [0.2, 0.25) is 10.4 Å². The Balaban J connectivity index is 2.81. The summed E-state index contributed by atoms with van der Waals surface area (Å²) in [6.45, 7) is 0. The van der Waals surface area contributed by atoms with Crippen LogP contribution in [0.25, 0.3) is 5.65 Å². The zero-order chi connectivity index (χ0) is 8.55. The molecule has 5 nitrogen and oxygen atoms in total. The summed E-state index contributed by atoms with van der Waals surface area (Å²) in [5.41, 5.74) is 0.604. The van der Waals surface area contributed by atoms with E-state index in [-0.39, 0.29) is 0 Å². The van der Waals surface area contributed by atoms with Crippen molar-refractivity contribution in [2.45, 2.75) is 0 Å². The highest BCUT2D eigenvalue weighted by Gasteiger charge is 2.07. The summed E-state index contributed by atoms with van der Waals surface area (Å²) in [5.74, 6) is 0.468. The molecule has 0 unspecified atom stereocenters. The number of hydrogen-bond acceptors (Lipinski definition) is 4. The Morgan fingerprint density at radius 2 is 2.33 bits per heavy atom. The molecule has 0 aliphatic heterocycles. The molecule has 0 bridgehead atoms. The van der Waals surface area contributed by atoms with E-state index in [1.54, 1.807) is 23.9 Å². The van der Waals surface area contributed by atoms with Crippen LogP contribution in [-0.2, 0) is 0 Å². The third-order valence-electron chi connectivity index (χ3n) is 1.45. The largest absolute Gasteiger partial charge is 0.478 e. The van der Waals surface area contributed by atoms with Gasteiger partial charge in [-0.2, -0.15) is 0 Å². The summed E-state index contributed by atoms with van der Waals surface area (Å²) in [4.78, 5) is 3.97. The number of methoxy groups -OCH3 is 1. The van der Waals surface area contributed by atoms with Gasteiger partial charge in [0.1, 0.15) is 0 Å². The van der Waals surface area contributed by atoms with Gasteiger partial charge in [-0.05, 0) is 15.9 Å². The van der Waals surface area contributed by atoms with Crippen LogP contribution in [0.5, 0.6) is 5.88 Å². The number of nitrogens with zero attached hydrogens (tertiary/aromatic N) is 4. The first-order chi connectivity index (χ1) is 5.83. The lowest BCUT2D eigenvalue weighted by Gasteiger charge is -1.98. The standard InChI is InChI=1S/C6H5BrN4O/c1-12-5-4-9-10-6(7)11(4)3-2-8-5/h2-3H,1H3. The SMILES string of the molecule is COc1nccn2c(Br)nnc12. The van der Waals surface area contributed by atoms with Crippen molar-refractivity contribution in [2.75, 3.05) is 7.11 Å². The Morgan fingerprint density at radius 3 is 3.08 bits per heavy atom. The minimum absolute atomic E-state index is 0.468. The number of aromatic nitrogens is 4. The summed E-state index contributed by atoms with van der Waals surface area (Å²) in [6, 6.07) is 0. The first-order valence-corrected chi connectivity index (χ1v) is 4.01. The molecule has 62 valence electrons. The maximum Gasteiger partial charge on any atom is 0.260 e. The minimum Gasteiger partial charge on any atom is -0.478 e. The molecule has 0 aliphatic rings. The summed E-state index contributed by atoms with van der Waals surface area (Å²) in [7, 11) is 1.55. The van der Waals surface area contributed by atoms with Crippen LogP contribution in [0.3, 0.4) is 0 Å². The maximum absolute atomic E-state index is 4.99. The Labute approximate surface area is 76.5 Å². The maximum atomic E-state index is 4.99. The van der Waals surface area contributed by atoms with Gasteiger partial charge in [0.05, 0.1) is 7.11 Å². The van der Waals surface area contributed by atoms with E-state index in [4.69, 9.17) is 4.74 Å². The molecule has 2 heterocycles. The van der Waals surface area contributed by atoms with Crippen LogP contribution in [0.4, 0.5) is 0 Å². The van der Waals surface area contributed by atoms with Crippen molar-refractivity contribution in [3.8, 4) is 5.88 Å². The molecule has 0 saturated carbocycles. The van der Waals surface area contributed by atoms with E-state index in [1.807, 2.05) is 0 Å². The molecule has 0 radical (unpaired) electrons. The highest BCUT2D eigenvalue weighted by atomic mass is 79.9. The van der Waals surface area contributed by atoms with Crippen LogP contribution >= 0.6 is 15.9 Å². The van der Waals surface area contributed by atoms with Crippen LogP contribution in [0, 0.1) is 0 Å². The van der Waals surface area contributed by atoms with Crippen LogP contribution in [0.15, 0.2) is 17.1 Å². The van der Waals surface area contributed by atoms with Crippen molar-refractivity contribution in [2.24, 2.45) is 0 Å². The van der Waals surface area contributed by atoms with Gasteiger partial charge in [-0.15, -0.1) is 10.2 Å². The zero-order valence-electron chi connectivity index (χ0n) is 6.23. The zero-order valence-corrected chi connectivity index (χ0v) is 7.82. The van der Waals surface area contributed by atoms with Gasteiger partial charge in [0.25, 0.3) is 5.88 Å². The summed E-state index contributed by atoms with van der Waals surface area (Å²) < 4.78 is 7.36. The molecule has 0 atom stereocenters. The second-order valence-electron chi connectivity index (χ2n) is 2.10. The smallest absolute Gasteiger partial charge is 0.260 e. The fourth-order valence-electron chi connectivity index (χ4n) is 0.920. The van der Waals surface area contributed by atoms with Crippen molar-refractivity contribution in [3.63, 3.8) is 0 Å². The second-order valence-corrected chi connectivity index (χ2v) is 2.81. The van der Waals surface area contributed by atoms with E-state index in [2.05, 4.69) is 31.1 Å². The Bertz CT molecular complexity index is 413. The van der Waals surface area contributed by atoms with E-state index in [0.29, 0.717) is 16.3 Å².